The minimum atomic E-state index is 0.467. The van der Waals surface area contributed by atoms with Crippen LogP contribution < -0.4 is 5.32 Å². The lowest BCUT2D eigenvalue weighted by molar-refractivity contribution is 0.586. The van der Waals surface area contributed by atoms with E-state index in [1.54, 1.807) is 11.3 Å². The Bertz CT molecular complexity index is 737. The molecule has 2 aromatic heterocycles. The van der Waals surface area contributed by atoms with Crippen molar-refractivity contribution < 1.29 is 0 Å². The molecule has 0 spiro atoms. The molecule has 0 amide bonds. The number of hydrogen-bond acceptors (Lipinski definition) is 4. The highest BCUT2D eigenvalue weighted by atomic mass is 32.1. The highest BCUT2D eigenvalue weighted by Gasteiger charge is 2.15. The van der Waals surface area contributed by atoms with Gasteiger partial charge in [0.05, 0.1) is 15.9 Å². The maximum absolute atomic E-state index is 4.69. The van der Waals surface area contributed by atoms with E-state index in [4.69, 9.17) is 4.98 Å². The first-order chi connectivity index (χ1) is 10.1. The molecule has 0 aliphatic carbocycles. The standard InChI is InChI=1S/C16H20N4S/c1-10(2)17-9-13-11(3)19-20(12(13)4)16-18-14-7-5-6-8-15(14)21-16/h5-8,10,17H,9H2,1-4H3. The van der Waals surface area contributed by atoms with Crippen LogP contribution in [0.4, 0.5) is 0 Å². The number of nitrogens with zero attached hydrogens (tertiary/aromatic N) is 3. The molecule has 0 saturated carbocycles. The normalized spacial score (nSPS) is 11.7. The summed E-state index contributed by atoms with van der Waals surface area (Å²) in [6, 6.07) is 8.68. The second kappa shape index (κ2) is 5.58. The molecule has 2 heterocycles. The van der Waals surface area contributed by atoms with Crippen LogP contribution >= 0.6 is 11.3 Å². The van der Waals surface area contributed by atoms with E-state index in [1.165, 1.54) is 16.0 Å². The summed E-state index contributed by atoms with van der Waals surface area (Å²) >= 11 is 1.68. The fourth-order valence-corrected chi connectivity index (χ4v) is 3.34. The van der Waals surface area contributed by atoms with Gasteiger partial charge >= 0.3 is 0 Å². The zero-order valence-corrected chi connectivity index (χ0v) is 13.7. The van der Waals surface area contributed by atoms with Crippen molar-refractivity contribution >= 4 is 21.6 Å². The number of nitrogens with one attached hydrogen (secondary N) is 1. The Balaban J connectivity index is 2.00. The van der Waals surface area contributed by atoms with Crippen molar-refractivity contribution in [3.8, 4) is 5.13 Å². The fraction of sp³-hybridized carbons (Fsp3) is 0.375. The Hall–Kier alpha value is -1.72. The van der Waals surface area contributed by atoms with Crippen LogP contribution in [0.2, 0.25) is 0 Å². The molecule has 0 atom stereocenters. The van der Waals surface area contributed by atoms with Crippen molar-refractivity contribution in [2.45, 2.75) is 40.3 Å². The first kappa shape index (κ1) is 14.2. The highest BCUT2D eigenvalue weighted by Crippen LogP contribution is 2.26. The van der Waals surface area contributed by atoms with Crippen LogP contribution in [0.15, 0.2) is 24.3 Å². The minimum absolute atomic E-state index is 0.467. The van der Waals surface area contributed by atoms with Crippen molar-refractivity contribution in [3.05, 3.63) is 41.2 Å². The van der Waals surface area contributed by atoms with Gasteiger partial charge < -0.3 is 5.32 Å². The Labute approximate surface area is 128 Å². The van der Waals surface area contributed by atoms with E-state index >= 15 is 0 Å². The Morgan fingerprint density at radius 1 is 1.24 bits per heavy atom. The van der Waals surface area contributed by atoms with Gasteiger partial charge in [-0.05, 0) is 26.0 Å². The van der Waals surface area contributed by atoms with Gasteiger partial charge in [-0.1, -0.05) is 37.3 Å². The topological polar surface area (TPSA) is 42.7 Å². The van der Waals surface area contributed by atoms with Gasteiger partial charge in [-0.2, -0.15) is 5.10 Å². The number of aromatic nitrogens is 3. The molecule has 0 aliphatic rings. The van der Waals surface area contributed by atoms with Crippen molar-refractivity contribution in [1.82, 2.24) is 20.1 Å². The summed E-state index contributed by atoms with van der Waals surface area (Å²) in [6.45, 7) is 9.34. The van der Waals surface area contributed by atoms with Gasteiger partial charge in [0, 0.05) is 23.8 Å². The molecule has 0 unspecified atom stereocenters. The monoisotopic (exact) mass is 300 g/mol. The van der Waals surface area contributed by atoms with Crippen molar-refractivity contribution in [3.63, 3.8) is 0 Å². The number of aryl methyl sites for hydroxylation is 1. The number of fused-ring (bicyclic) bond motifs is 1. The minimum Gasteiger partial charge on any atom is -0.310 e. The molecule has 5 heteroatoms. The lowest BCUT2D eigenvalue weighted by atomic mass is 10.2. The average molecular weight is 300 g/mol. The predicted molar refractivity (Wildman–Crippen MR) is 88.2 cm³/mol. The number of hydrogen-bond donors (Lipinski definition) is 1. The molecule has 0 radical (unpaired) electrons. The summed E-state index contributed by atoms with van der Waals surface area (Å²) < 4.78 is 3.17. The Morgan fingerprint density at radius 3 is 2.71 bits per heavy atom. The predicted octanol–water partition coefficient (Wildman–Crippen LogP) is 3.60. The molecule has 0 aliphatic heterocycles. The van der Waals surface area contributed by atoms with Crippen molar-refractivity contribution in [2.24, 2.45) is 0 Å². The third-order valence-electron chi connectivity index (χ3n) is 3.59. The van der Waals surface area contributed by atoms with E-state index in [1.807, 2.05) is 22.9 Å². The van der Waals surface area contributed by atoms with Gasteiger partial charge in [0.25, 0.3) is 0 Å². The summed E-state index contributed by atoms with van der Waals surface area (Å²) in [5.41, 5.74) is 4.54. The highest BCUT2D eigenvalue weighted by molar-refractivity contribution is 7.20. The molecule has 21 heavy (non-hydrogen) atoms. The first-order valence-corrected chi connectivity index (χ1v) is 8.02. The van der Waals surface area contributed by atoms with Crippen LogP contribution in [0.25, 0.3) is 15.3 Å². The van der Waals surface area contributed by atoms with Gasteiger partial charge in [-0.3, -0.25) is 0 Å². The van der Waals surface area contributed by atoms with E-state index in [0.29, 0.717) is 6.04 Å². The van der Waals surface area contributed by atoms with Gasteiger partial charge in [0.15, 0.2) is 0 Å². The average Bonchev–Trinajstić information content (AvgIpc) is 2.98. The quantitative estimate of drug-likeness (QED) is 0.800. The van der Waals surface area contributed by atoms with Gasteiger partial charge in [0.1, 0.15) is 0 Å². The largest absolute Gasteiger partial charge is 0.310 e. The summed E-state index contributed by atoms with van der Waals surface area (Å²) in [5.74, 6) is 0. The van der Waals surface area contributed by atoms with E-state index in [-0.39, 0.29) is 0 Å². The number of para-hydroxylation sites is 1. The van der Waals surface area contributed by atoms with E-state index in [2.05, 4.69) is 44.2 Å². The van der Waals surface area contributed by atoms with E-state index in [9.17, 15) is 0 Å². The van der Waals surface area contributed by atoms with E-state index < -0.39 is 0 Å². The maximum Gasteiger partial charge on any atom is 0.211 e. The SMILES string of the molecule is Cc1nn(-c2nc3ccccc3s2)c(C)c1CNC(C)C. The molecule has 3 rings (SSSR count). The van der Waals surface area contributed by atoms with Gasteiger partial charge in [-0.15, -0.1) is 0 Å². The smallest absolute Gasteiger partial charge is 0.211 e. The molecule has 110 valence electrons. The summed E-state index contributed by atoms with van der Waals surface area (Å²) in [5, 5.41) is 9.08. The molecule has 1 N–H and O–H groups in total. The molecule has 0 saturated heterocycles. The second-order valence-corrected chi connectivity index (χ2v) is 6.57. The lowest BCUT2D eigenvalue weighted by Crippen LogP contribution is -2.22. The van der Waals surface area contributed by atoms with Crippen molar-refractivity contribution in [2.75, 3.05) is 0 Å². The van der Waals surface area contributed by atoms with E-state index in [0.717, 1.165) is 22.9 Å². The Morgan fingerprint density at radius 2 is 2.00 bits per heavy atom. The third-order valence-corrected chi connectivity index (χ3v) is 4.60. The van der Waals surface area contributed by atoms with Crippen molar-refractivity contribution in [1.29, 1.82) is 0 Å². The molecular weight excluding hydrogens is 280 g/mol. The zero-order chi connectivity index (χ0) is 15.0. The van der Waals surface area contributed by atoms with Crippen LogP contribution in [-0.4, -0.2) is 20.8 Å². The molecule has 4 nitrogen and oxygen atoms in total. The third kappa shape index (κ3) is 2.71. The fourth-order valence-electron chi connectivity index (χ4n) is 2.37. The lowest BCUT2D eigenvalue weighted by Gasteiger charge is -2.08. The molecular formula is C16H20N4S. The van der Waals surface area contributed by atoms with Gasteiger partial charge in [-0.25, -0.2) is 9.67 Å². The van der Waals surface area contributed by atoms with Crippen LogP contribution in [0, 0.1) is 13.8 Å². The summed E-state index contributed by atoms with van der Waals surface area (Å²) in [4.78, 5) is 4.69. The maximum atomic E-state index is 4.69. The second-order valence-electron chi connectivity index (χ2n) is 5.56. The molecule has 1 aromatic carbocycles. The zero-order valence-electron chi connectivity index (χ0n) is 12.8. The van der Waals surface area contributed by atoms with Gasteiger partial charge in [0.2, 0.25) is 5.13 Å². The van der Waals surface area contributed by atoms with Crippen LogP contribution in [0.1, 0.15) is 30.8 Å². The number of thiazole rings is 1. The van der Waals surface area contributed by atoms with Crippen LogP contribution in [0.5, 0.6) is 0 Å². The molecule has 0 fully saturated rings. The first-order valence-electron chi connectivity index (χ1n) is 7.20. The number of rotatable bonds is 4. The van der Waals surface area contributed by atoms with Crippen LogP contribution in [-0.2, 0) is 6.54 Å². The van der Waals surface area contributed by atoms with Crippen LogP contribution in [0.3, 0.4) is 0 Å². The summed E-state index contributed by atoms with van der Waals surface area (Å²) in [6.07, 6.45) is 0. The summed E-state index contributed by atoms with van der Waals surface area (Å²) in [7, 11) is 0. The number of benzene rings is 1. The molecule has 0 bridgehead atoms. The Kier molecular flexibility index (Phi) is 3.78. The molecule has 3 aromatic rings.